The van der Waals surface area contributed by atoms with Gasteiger partial charge in [-0.15, -0.1) is 0 Å². The Morgan fingerprint density at radius 2 is 1.86 bits per heavy atom. The molecular weight excluding hydrogens is 358 g/mol. The molecule has 1 amide bonds. The first-order chi connectivity index (χ1) is 13.4. The van der Waals surface area contributed by atoms with Crippen molar-refractivity contribution >= 4 is 23.3 Å². The quantitative estimate of drug-likeness (QED) is 0.740. The second-order valence-electron chi connectivity index (χ2n) is 7.12. The molecule has 0 spiro atoms. The molecule has 0 fully saturated rings. The monoisotopic (exact) mass is 381 g/mol. The first-order valence-corrected chi connectivity index (χ1v) is 9.18. The van der Waals surface area contributed by atoms with E-state index in [1.807, 2.05) is 37.3 Å². The fraction of sp³-hybridized carbons (Fsp3) is 0.333. The van der Waals surface area contributed by atoms with Crippen LogP contribution in [0.4, 0.5) is 11.4 Å². The molecular formula is C21H23N3O4. The summed E-state index contributed by atoms with van der Waals surface area (Å²) >= 11 is 0. The minimum absolute atomic E-state index is 0.0147. The third-order valence-electron chi connectivity index (χ3n) is 4.98. The minimum Gasteiger partial charge on any atom is -0.481 e. The SMILES string of the molecule is CC(=O)N1c2ccc(CN=O)cc2C(Nc2ccc(CC(=O)O)cc2)CC1C. The number of nitrogens with zero attached hydrogens (tertiary/aromatic N) is 2. The average molecular weight is 381 g/mol. The predicted octanol–water partition coefficient (Wildman–Crippen LogP) is 3.88. The van der Waals surface area contributed by atoms with Crippen LogP contribution in [0.3, 0.4) is 0 Å². The second-order valence-corrected chi connectivity index (χ2v) is 7.12. The van der Waals surface area contributed by atoms with E-state index in [0.29, 0.717) is 6.42 Å². The normalized spacial score (nSPS) is 18.3. The molecule has 7 heteroatoms. The standard InChI is InChI=1S/C21H23N3O4/c1-13-9-19(23-17-6-3-15(4-7-17)11-21(26)27)18-10-16(12-22-28)5-8-20(18)24(13)14(2)25/h3-8,10,13,19,23H,9,11-12H2,1-2H3,(H,26,27). The van der Waals surface area contributed by atoms with Crippen LogP contribution in [0.25, 0.3) is 0 Å². The summed E-state index contributed by atoms with van der Waals surface area (Å²) in [6.07, 6.45) is 0.695. The Hall–Kier alpha value is -3.22. The van der Waals surface area contributed by atoms with E-state index < -0.39 is 5.97 Å². The summed E-state index contributed by atoms with van der Waals surface area (Å²) in [6.45, 7) is 3.64. The van der Waals surface area contributed by atoms with E-state index in [1.54, 1.807) is 24.0 Å². The smallest absolute Gasteiger partial charge is 0.307 e. The van der Waals surface area contributed by atoms with E-state index in [0.717, 1.165) is 28.1 Å². The van der Waals surface area contributed by atoms with Gasteiger partial charge in [0.1, 0.15) is 6.54 Å². The van der Waals surface area contributed by atoms with Crippen molar-refractivity contribution in [3.05, 3.63) is 64.1 Å². The average Bonchev–Trinajstić information content (AvgIpc) is 2.63. The minimum atomic E-state index is -0.864. The Morgan fingerprint density at radius 3 is 2.46 bits per heavy atom. The van der Waals surface area contributed by atoms with Crippen molar-refractivity contribution in [2.24, 2.45) is 5.18 Å². The molecule has 1 aliphatic heterocycles. The van der Waals surface area contributed by atoms with Gasteiger partial charge >= 0.3 is 5.97 Å². The van der Waals surface area contributed by atoms with Gasteiger partial charge in [0.05, 0.1) is 12.5 Å². The van der Waals surface area contributed by atoms with Crippen LogP contribution >= 0.6 is 0 Å². The number of nitrogens with one attached hydrogen (secondary N) is 1. The van der Waals surface area contributed by atoms with Crippen LogP contribution in [0.15, 0.2) is 47.6 Å². The van der Waals surface area contributed by atoms with Crippen LogP contribution in [0.5, 0.6) is 0 Å². The van der Waals surface area contributed by atoms with Crippen LogP contribution in [0.2, 0.25) is 0 Å². The number of rotatable bonds is 6. The Morgan fingerprint density at radius 1 is 1.18 bits per heavy atom. The molecule has 0 aromatic heterocycles. The number of hydrogen-bond donors (Lipinski definition) is 2. The van der Waals surface area contributed by atoms with Crippen LogP contribution in [0, 0.1) is 4.91 Å². The van der Waals surface area contributed by atoms with E-state index in [2.05, 4.69) is 10.5 Å². The van der Waals surface area contributed by atoms with Crippen molar-refractivity contribution in [2.45, 2.75) is 45.3 Å². The molecule has 2 aromatic rings. The van der Waals surface area contributed by atoms with Gasteiger partial charge in [-0.2, -0.15) is 4.91 Å². The van der Waals surface area contributed by atoms with E-state index >= 15 is 0 Å². The van der Waals surface area contributed by atoms with Gasteiger partial charge in [-0.25, -0.2) is 0 Å². The second kappa shape index (κ2) is 8.21. The van der Waals surface area contributed by atoms with E-state index in [1.165, 1.54) is 0 Å². The number of carboxylic acids is 1. The summed E-state index contributed by atoms with van der Waals surface area (Å²) in [6, 6.07) is 12.9. The largest absolute Gasteiger partial charge is 0.481 e. The maximum Gasteiger partial charge on any atom is 0.307 e. The van der Waals surface area contributed by atoms with Gasteiger partial charge < -0.3 is 15.3 Å². The zero-order valence-electron chi connectivity index (χ0n) is 15.9. The Kier molecular flexibility index (Phi) is 5.73. The molecule has 7 nitrogen and oxygen atoms in total. The number of anilines is 2. The molecule has 2 aromatic carbocycles. The molecule has 0 saturated carbocycles. The maximum absolute atomic E-state index is 12.2. The van der Waals surface area contributed by atoms with Gasteiger partial charge in [-0.3, -0.25) is 9.59 Å². The van der Waals surface area contributed by atoms with Crippen molar-refractivity contribution in [2.75, 3.05) is 10.2 Å². The molecule has 2 N–H and O–H groups in total. The maximum atomic E-state index is 12.2. The van der Waals surface area contributed by atoms with Crippen LogP contribution in [-0.4, -0.2) is 23.0 Å². The van der Waals surface area contributed by atoms with E-state index in [-0.39, 0.29) is 31.0 Å². The van der Waals surface area contributed by atoms with Crippen molar-refractivity contribution in [3.8, 4) is 0 Å². The summed E-state index contributed by atoms with van der Waals surface area (Å²) in [5.74, 6) is -0.886. The highest BCUT2D eigenvalue weighted by atomic mass is 16.4. The summed E-state index contributed by atoms with van der Waals surface area (Å²) in [7, 11) is 0. The third kappa shape index (κ3) is 4.19. The number of carbonyl (C=O) groups excluding carboxylic acids is 1. The Balaban J connectivity index is 1.91. The van der Waals surface area contributed by atoms with Crippen molar-refractivity contribution in [1.82, 2.24) is 0 Å². The first-order valence-electron chi connectivity index (χ1n) is 9.18. The summed E-state index contributed by atoms with van der Waals surface area (Å²) in [4.78, 5) is 35.5. The van der Waals surface area contributed by atoms with E-state index in [9.17, 15) is 14.5 Å². The predicted molar refractivity (Wildman–Crippen MR) is 107 cm³/mol. The molecule has 1 aliphatic rings. The zero-order valence-corrected chi connectivity index (χ0v) is 15.9. The van der Waals surface area contributed by atoms with Crippen molar-refractivity contribution in [3.63, 3.8) is 0 Å². The zero-order chi connectivity index (χ0) is 20.3. The molecule has 0 bridgehead atoms. The van der Waals surface area contributed by atoms with Crippen LogP contribution < -0.4 is 10.2 Å². The topological polar surface area (TPSA) is 99.1 Å². The van der Waals surface area contributed by atoms with Gasteiger partial charge in [0.2, 0.25) is 5.91 Å². The molecule has 28 heavy (non-hydrogen) atoms. The molecule has 0 radical (unpaired) electrons. The van der Waals surface area contributed by atoms with Gasteiger partial charge in [-0.1, -0.05) is 23.4 Å². The van der Waals surface area contributed by atoms with Crippen LogP contribution in [-0.2, 0) is 22.6 Å². The fourth-order valence-corrected chi connectivity index (χ4v) is 3.80. The summed E-state index contributed by atoms with van der Waals surface area (Å²) in [5.41, 5.74) is 4.19. The lowest BCUT2D eigenvalue weighted by Gasteiger charge is -2.39. The highest BCUT2D eigenvalue weighted by Gasteiger charge is 2.32. The lowest BCUT2D eigenvalue weighted by Crippen LogP contribution is -2.43. The number of amides is 1. The van der Waals surface area contributed by atoms with Crippen molar-refractivity contribution in [1.29, 1.82) is 0 Å². The number of benzene rings is 2. The number of hydrogen-bond acceptors (Lipinski definition) is 5. The number of carboxylic acid groups (broad SMARTS) is 1. The highest BCUT2D eigenvalue weighted by molar-refractivity contribution is 5.93. The number of carbonyl (C=O) groups is 2. The lowest BCUT2D eigenvalue weighted by atomic mass is 9.90. The molecule has 146 valence electrons. The van der Waals surface area contributed by atoms with E-state index in [4.69, 9.17) is 5.11 Å². The van der Waals surface area contributed by atoms with Gasteiger partial charge in [0.15, 0.2) is 0 Å². The summed E-state index contributed by atoms with van der Waals surface area (Å²) < 4.78 is 0. The van der Waals surface area contributed by atoms with Crippen LogP contribution in [0.1, 0.15) is 43.0 Å². The fourth-order valence-electron chi connectivity index (χ4n) is 3.80. The third-order valence-corrected chi connectivity index (χ3v) is 4.98. The highest BCUT2D eigenvalue weighted by Crippen LogP contribution is 2.39. The molecule has 3 rings (SSSR count). The van der Waals surface area contributed by atoms with Crippen molar-refractivity contribution < 1.29 is 14.7 Å². The number of fused-ring (bicyclic) bond motifs is 1. The first kappa shape index (κ1) is 19.5. The molecule has 2 unspecified atom stereocenters. The number of nitroso groups, excluding NO2 is 1. The Labute approximate surface area is 163 Å². The number of aliphatic carboxylic acids is 1. The van der Waals surface area contributed by atoms with Gasteiger partial charge in [0, 0.05) is 24.3 Å². The summed E-state index contributed by atoms with van der Waals surface area (Å²) in [5, 5.41) is 15.3. The Bertz CT molecular complexity index is 895. The van der Waals surface area contributed by atoms with Gasteiger partial charge in [-0.05, 0) is 54.3 Å². The van der Waals surface area contributed by atoms with Gasteiger partial charge in [0.25, 0.3) is 0 Å². The molecule has 0 saturated heterocycles. The lowest BCUT2D eigenvalue weighted by molar-refractivity contribution is -0.136. The molecule has 2 atom stereocenters. The molecule has 1 heterocycles. The molecule has 0 aliphatic carbocycles.